The molecule has 1 aliphatic carbocycles. The highest BCUT2D eigenvalue weighted by Gasteiger charge is 2.41. The van der Waals surface area contributed by atoms with E-state index in [1.807, 2.05) is 30.3 Å². The molecule has 0 fully saturated rings. The van der Waals surface area contributed by atoms with Gasteiger partial charge in [-0.2, -0.15) is 0 Å². The minimum atomic E-state index is -1.41. The Balaban J connectivity index is 2.43. The Kier molecular flexibility index (Phi) is 3.42. The Labute approximate surface area is 113 Å². The van der Waals surface area contributed by atoms with E-state index in [0.29, 0.717) is 17.6 Å². The molecule has 0 saturated carbocycles. The quantitative estimate of drug-likeness (QED) is 0.764. The topological polar surface area (TPSA) is 60.7 Å². The summed E-state index contributed by atoms with van der Waals surface area (Å²) in [6.45, 7) is 4.96. The second-order valence-electron chi connectivity index (χ2n) is 5.37. The largest absolute Gasteiger partial charge is 0.512 e. The van der Waals surface area contributed by atoms with Gasteiger partial charge in [0.25, 0.3) is 0 Å². The lowest BCUT2D eigenvalue weighted by Gasteiger charge is -2.36. The fourth-order valence-electron chi connectivity index (χ4n) is 2.47. The number of rotatable bonds is 2. The van der Waals surface area contributed by atoms with Crippen LogP contribution in [0.1, 0.15) is 26.3 Å². The van der Waals surface area contributed by atoms with Gasteiger partial charge >= 0.3 is 0 Å². The summed E-state index contributed by atoms with van der Waals surface area (Å²) in [5, 5.41) is 30.7. The number of hydrogen-bond acceptors (Lipinski definition) is 3. The molecule has 0 aliphatic heterocycles. The van der Waals surface area contributed by atoms with Gasteiger partial charge in [0.2, 0.25) is 0 Å². The summed E-state index contributed by atoms with van der Waals surface area (Å²) in [7, 11) is 0. The van der Waals surface area contributed by atoms with E-state index < -0.39 is 11.5 Å². The van der Waals surface area contributed by atoms with Crippen molar-refractivity contribution >= 4 is 0 Å². The molecule has 0 bridgehead atoms. The van der Waals surface area contributed by atoms with Gasteiger partial charge in [-0.25, -0.2) is 0 Å². The van der Waals surface area contributed by atoms with Crippen molar-refractivity contribution in [2.45, 2.75) is 32.8 Å². The molecule has 0 amide bonds. The van der Waals surface area contributed by atoms with Crippen LogP contribution >= 0.6 is 0 Å². The van der Waals surface area contributed by atoms with E-state index in [9.17, 15) is 15.3 Å². The first-order chi connectivity index (χ1) is 8.85. The van der Waals surface area contributed by atoms with E-state index in [2.05, 4.69) is 0 Å². The molecule has 0 saturated heterocycles. The number of allylic oxidation sites excluding steroid dienone is 2. The van der Waals surface area contributed by atoms with Crippen LogP contribution in [-0.4, -0.2) is 20.9 Å². The fourth-order valence-corrected chi connectivity index (χ4v) is 2.47. The zero-order chi connectivity index (χ0) is 14.2. The third-order valence-corrected chi connectivity index (χ3v) is 4.07. The predicted molar refractivity (Wildman–Crippen MR) is 74.9 cm³/mol. The standard InChI is InChI=1S/C16H20O3/c1-10-13(9-12-7-5-4-6-8-12)14(17)11(2)16(3,19)15(10)18/h4-8,11,17-19H,9H2,1-3H3. The summed E-state index contributed by atoms with van der Waals surface area (Å²) in [5.41, 5.74) is 0.908. The molecule has 19 heavy (non-hydrogen) atoms. The van der Waals surface area contributed by atoms with Crippen LogP contribution in [0.2, 0.25) is 0 Å². The van der Waals surface area contributed by atoms with Crippen molar-refractivity contribution in [3.05, 3.63) is 58.6 Å². The molecule has 1 aliphatic rings. The van der Waals surface area contributed by atoms with Crippen molar-refractivity contribution in [2.75, 3.05) is 0 Å². The van der Waals surface area contributed by atoms with E-state index >= 15 is 0 Å². The van der Waals surface area contributed by atoms with Gasteiger partial charge in [-0.15, -0.1) is 0 Å². The minimum Gasteiger partial charge on any atom is -0.512 e. The summed E-state index contributed by atoms with van der Waals surface area (Å²) < 4.78 is 0. The molecule has 2 atom stereocenters. The molecule has 0 heterocycles. The first kappa shape index (κ1) is 13.7. The van der Waals surface area contributed by atoms with Crippen LogP contribution in [0.5, 0.6) is 0 Å². The van der Waals surface area contributed by atoms with Crippen molar-refractivity contribution in [1.82, 2.24) is 0 Å². The lowest BCUT2D eigenvalue weighted by atomic mass is 9.76. The van der Waals surface area contributed by atoms with Crippen molar-refractivity contribution in [1.29, 1.82) is 0 Å². The van der Waals surface area contributed by atoms with Crippen LogP contribution in [0.3, 0.4) is 0 Å². The Bertz CT molecular complexity index is 538. The Hall–Kier alpha value is -1.74. The van der Waals surface area contributed by atoms with E-state index in [0.717, 1.165) is 5.56 Å². The molecule has 3 heteroatoms. The predicted octanol–water partition coefficient (Wildman–Crippen LogP) is 3.27. The Morgan fingerprint density at radius 2 is 1.74 bits per heavy atom. The third kappa shape index (κ3) is 2.26. The zero-order valence-corrected chi connectivity index (χ0v) is 11.5. The molecule has 2 unspecified atom stereocenters. The van der Waals surface area contributed by atoms with E-state index in [4.69, 9.17) is 0 Å². The van der Waals surface area contributed by atoms with Crippen LogP contribution in [0.4, 0.5) is 0 Å². The monoisotopic (exact) mass is 260 g/mol. The summed E-state index contributed by atoms with van der Waals surface area (Å²) in [6, 6.07) is 9.76. The first-order valence-corrected chi connectivity index (χ1v) is 6.44. The van der Waals surface area contributed by atoms with Gasteiger partial charge in [-0.05, 0) is 25.0 Å². The molecule has 0 spiro atoms. The smallest absolute Gasteiger partial charge is 0.128 e. The number of aliphatic hydroxyl groups is 3. The van der Waals surface area contributed by atoms with Gasteiger partial charge in [0.05, 0.1) is 0 Å². The molecule has 0 aromatic heterocycles. The number of hydrogen-bond donors (Lipinski definition) is 3. The van der Waals surface area contributed by atoms with Gasteiger partial charge < -0.3 is 15.3 Å². The van der Waals surface area contributed by atoms with Gasteiger partial charge in [-0.1, -0.05) is 37.3 Å². The molecule has 0 radical (unpaired) electrons. The molecular weight excluding hydrogens is 240 g/mol. The van der Waals surface area contributed by atoms with Crippen LogP contribution in [-0.2, 0) is 6.42 Å². The SMILES string of the molecule is CC1=C(O)C(C)(O)C(C)C(O)=C1Cc1ccccc1. The molecule has 1 aromatic rings. The van der Waals surface area contributed by atoms with Gasteiger partial charge in [0.15, 0.2) is 0 Å². The van der Waals surface area contributed by atoms with Crippen LogP contribution in [0.15, 0.2) is 53.0 Å². The maximum absolute atomic E-state index is 10.3. The van der Waals surface area contributed by atoms with Crippen molar-refractivity contribution in [3.8, 4) is 0 Å². The number of aliphatic hydroxyl groups excluding tert-OH is 2. The fraction of sp³-hybridized carbons (Fsp3) is 0.375. The number of benzene rings is 1. The van der Waals surface area contributed by atoms with Gasteiger partial charge in [-0.3, -0.25) is 0 Å². The normalized spacial score (nSPS) is 27.9. The van der Waals surface area contributed by atoms with Crippen molar-refractivity contribution < 1.29 is 15.3 Å². The highest BCUT2D eigenvalue weighted by atomic mass is 16.3. The average molecular weight is 260 g/mol. The summed E-state index contributed by atoms with van der Waals surface area (Å²) in [5.74, 6) is -0.414. The van der Waals surface area contributed by atoms with Gasteiger partial charge in [0.1, 0.15) is 17.1 Å². The summed E-state index contributed by atoms with van der Waals surface area (Å²) in [4.78, 5) is 0. The van der Waals surface area contributed by atoms with E-state index in [-0.39, 0.29) is 11.5 Å². The van der Waals surface area contributed by atoms with Crippen LogP contribution < -0.4 is 0 Å². The third-order valence-electron chi connectivity index (χ3n) is 4.07. The minimum absolute atomic E-state index is 0.0521. The molecule has 1 aromatic carbocycles. The lowest BCUT2D eigenvalue weighted by molar-refractivity contribution is -0.00203. The molecule has 3 N–H and O–H groups in total. The average Bonchev–Trinajstić information content (AvgIpc) is 2.41. The summed E-state index contributed by atoms with van der Waals surface area (Å²) in [6.07, 6.45) is 0.545. The lowest BCUT2D eigenvalue weighted by Crippen LogP contribution is -2.40. The molecular formula is C16H20O3. The van der Waals surface area contributed by atoms with Crippen LogP contribution in [0.25, 0.3) is 0 Å². The highest BCUT2D eigenvalue weighted by Crippen LogP contribution is 2.40. The molecule has 2 rings (SSSR count). The van der Waals surface area contributed by atoms with Crippen molar-refractivity contribution in [2.24, 2.45) is 5.92 Å². The van der Waals surface area contributed by atoms with E-state index in [1.54, 1.807) is 13.8 Å². The maximum atomic E-state index is 10.3. The second-order valence-corrected chi connectivity index (χ2v) is 5.37. The highest BCUT2D eigenvalue weighted by molar-refractivity contribution is 5.45. The zero-order valence-electron chi connectivity index (χ0n) is 11.5. The Morgan fingerprint density at radius 1 is 1.16 bits per heavy atom. The van der Waals surface area contributed by atoms with E-state index in [1.165, 1.54) is 6.92 Å². The van der Waals surface area contributed by atoms with Crippen LogP contribution in [0, 0.1) is 5.92 Å². The second kappa shape index (κ2) is 4.74. The first-order valence-electron chi connectivity index (χ1n) is 6.44. The van der Waals surface area contributed by atoms with Crippen molar-refractivity contribution in [3.63, 3.8) is 0 Å². The molecule has 3 nitrogen and oxygen atoms in total. The Morgan fingerprint density at radius 3 is 2.32 bits per heavy atom. The van der Waals surface area contributed by atoms with Gasteiger partial charge in [0, 0.05) is 17.9 Å². The summed E-state index contributed by atoms with van der Waals surface area (Å²) >= 11 is 0. The molecule has 102 valence electrons. The maximum Gasteiger partial charge on any atom is 0.128 e.